The second kappa shape index (κ2) is 5.50. The lowest BCUT2D eigenvalue weighted by Gasteiger charge is -2.35. The number of carboxylic acids is 1. The average molecular weight is 279 g/mol. The molecule has 1 aromatic carbocycles. The highest BCUT2D eigenvalue weighted by molar-refractivity contribution is 6.32. The number of carbonyl (C=O) groups is 1. The molecule has 5 heteroatoms. The van der Waals surface area contributed by atoms with Gasteiger partial charge in [-0.2, -0.15) is 5.26 Å². The van der Waals surface area contributed by atoms with Crippen LogP contribution < -0.4 is 5.32 Å². The molecule has 0 unspecified atom stereocenters. The number of nitrogens with one attached hydrogen (secondary N) is 1. The lowest BCUT2D eigenvalue weighted by molar-refractivity contribution is -0.143. The van der Waals surface area contributed by atoms with E-state index in [9.17, 15) is 9.90 Å². The van der Waals surface area contributed by atoms with E-state index in [1.165, 1.54) is 0 Å². The fraction of sp³-hybridized carbons (Fsp3) is 0.429. The summed E-state index contributed by atoms with van der Waals surface area (Å²) >= 11 is 5.96. The second-order valence-corrected chi connectivity index (χ2v) is 5.25. The first-order chi connectivity index (χ1) is 9.09. The van der Waals surface area contributed by atoms with Gasteiger partial charge in [-0.3, -0.25) is 0 Å². The zero-order valence-electron chi connectivity index (χ0n) is 10.4. The van der Waals surface area contributed by atoms with Crippen LogP contribution in [0.15, 0.2) is 18.2 Å². The molecule has 0 saturated heterocycles. The average Bonchev–Trinajstić information content (AvgIpc) is 2.40. The molecule has 0 atom stereocenters. The lowest BCUT2D eigenvalue weighted by atomic mass is 9.81. The van der Waals surface area contributed by atoms with Crippen LogP contribution in [0.5, 0.6) is 0 Å². The number of anilines is 1. The molecule has 0 spiro atoms. The Morgan fingerprint density at radius 2 is 2.05 bits per heavy atom. The third-order valence-corrected chi connectivity index (χ3v) is 3.93. The fourth-order valence-electron chi connectivity index (χ4n) is 2.55. The molecule has 1 aliphatic rings. The highest BCUT2D eigenvalue weighted by Crippen LogP contribution is 2.34. The van der Waals surface area contributed by atoms with Gasteiger partial charge in [-0.05, 0) is 25.0 Å². The van der Waals surface area contributed by atoms with Gasteiger partial charge in [0.1, 0.15) is 11.6 Å². The van der Waals surface area contributed by atoms with E-state index in [1.54, 1.807) is 18.2 Å². The summed E-state index contributed by atoms with van der Waals surface area (Å²) in [5.74, 6) is -0.865. The van der Waals surface area contributed by atoms with Gasteiger partial charge in [0.2, 0.25) is 0 Å². The highest BCUT2D eigenvalue weighted by Gasteiger charge is 2.40. The standard InChI is InChI=1S/C14H15ClN2O2/c15-11-5-4-6-12(10(11)9-16)17-14(13(18)19)7-2-1-3-8-14/h4-6,17H,1-3,7-8H2,(H,18,19). The molecule has 0 heterocycles. The van der Waals surface area contributed by atoms with Crippen LogP contribution in [0.4, 0.5) is 5.69 Å². The minimum absolute atomic E-state index is 0.301. The van der Waals surface area contributed by atoms with Crippen molar-refractivity contribution < 1.29 is 9.90 Å². The molecule has 1 aliphatic carbocycles. The van der Waals surface area contributed by atoms with E-state index >= 15 is 0 Å². The largest absolute Gasteiger partial charge is 0.480 e. The van der Waals surface area contributed by atoms with Gasteiger partial charge in [-0.15, -0.1) is 0 Å². The maximum absolute atomic E-state index is 11.6. The summed E-state index contributed by atoms with van der Waals surface area (Å²) in [5.41, 5.74) is -0.177. The normalized spacial score (nSPS) is 17.5. The smallest absolute Gasteiger partial charge is 0.329 e. The molecule has 0 bridgehead atoms. The van der Waals surface area contributed by atoms with Crippen molar-refractivity contribution >= 4 is 23.3 Å². The summed E-state index contributed by atoms with van der Waals surface area (Å²) in [5, 5.41) is 22.0. The molecule has 1 fully saturated rings. The summed E-state index contributed by atoms with van der Waals surface area (Å²) in [6.07, 6.45) is 3.94. The maximum atomic E-state index is 11.6. The molecule has 1 saturated carbocycles. The SMILES string of the molecule is N#Cc1c(Cl)cccc1NC1(C(=O)O)CCCCC1. The topological polar surface area (TPSA) is 73.1 Å². The molecular formula is C14H15ClN2O2. The Labute approximate surface area is 117 Å². The van der Waals surface area contributed by atoms with Crippen molar-refractivity contribution in [1.82, 2.24) is 0 Å². The molecule has 4 nitrogen and oxygen atoms in total. The zero-order valence-corrected chi connectivity index (χ0v) is 11.2. The lowest BCUT2D eigenvalue weighted by Crippen LogP contribution is -2.48. The van der Waals surface area contributed by atoms with E-state index < -0.39 is 11.5 Å². The predicted octanol–water partition coefficient (Wildman–Crippen LogP) is 3.41. The first-order valence-corrected chi connectivity index (χ1v) is 6.67. The number of aliphatic carboxylic acids is 1. The molecule has 1 aromatic rings. The van der Waals surface area contributed by atoms with Gasteiger partial charge in [-0.1, -0.05) is 36.9 Å². The molecule has 0 aliphatic heterocycles. The minimum atomic E-state index is -0.978. The van der Waals surface area contributed by atoms with E-state index in [2.05, 4.69) is 5.32 Å². The third kappa shape index (κ3) is 2.66. The molecule has 0 amide bonds. The third-order valence-electron chi connectivity index (χ3n) is 3.62. The molecule has 19 heavy (non-hydrogen) atoms. The summed E-state index contributed by atoms with van der Waals surface area (Å²) in [7, 11) is 0. The van der Waals surface area contributed by atoms with Gasteiger partial charge in [0.15, 0.2) is 0 Å². The van der Waals surface area contributed by atoms with Crippen LogP contribution in [0.2, 0.25) is 5.02 Å². The Bertz CT molecular complexity index is 531. The molecule has 0 aromatic heterocycles. The fourth-order valence-corrected chi connectivity index (χ4v) is 2.76. The summed E-state index contributed by atoms with van der Waals surface area (Å²) < 4.78 is 0. The monoisotopic (exact) mass is 278 g/mol. The van der Waals surface area contributed by atoms with Gasteiger partial charge in [0.25, 0.3) is 0 Å². The van der Waals surface area contributed by atoms with Crippen LogP contribution in [0.25, 0.3) is 0 Å². The number of hydrogen-bond donors (Lipinski definition) is 2. The van der Waals surface area contributed by atoms with Crippen molar-refractivity contribution in [2.75, 3.05) is 5.32 Å². The quantitative estimate of drug-likeness (QED) is 0.888. The highest BCUT2D eigenvalue weighted by atomic mass is 35.5. The van der Waals surface area contributed by atoms with Crippen molar-refractivity contribution in [3.63, 3.8) is 0 Å². The molecular weight excluding hydrogens is 264 g/mol. The van der Waals surface area contributed by atoms with Crippen LogP contribution >= 0.6 is 11.6 Å². The summed E-state index contributed by atoms with van der Waals surface area (Å²) in [6, 6.07) is 7.06. The summed E-state index contributed by atoms with van der Waals surface area (Å²) in [6.45, 7) is 0. The van der Waals surface area contributed by atoms with E-state index in [1.807, 2.05) is 6.07 Å². The summed E-state index contributed by atoms with van der Waals surface area (Å²) in [4.78, 5) is 11.6. The van der Waals surface area contributed by atoms with E-state index in [0.717, 1.165) is 19.3 Å². The van der Waals surface area contributed by atoms with E-state index in [0.29, 0.717) is 29.1 Å². The second-order valence-electron chi connectivity index (χ2n) is 4.85. The Hall–Kier alpha value is -1.73. The van der Waals surface area contributed by atoms with Crippen LogP contribution in [0.1, 0.15) is 37.7 Å². The van der Waals surface area contributed by atoms with Crippen LogP contribution in [-0.4, -0.2) is 16.6 Å². The van der Waals surface area contributed by atoms with Crippen molar-refractivity contribution in [3.8, 4) is 6.07 Å². The number of carboxylic acid groups (broad SMARTS) is 1. The molecule has 2 rings (SSSR count). The van der Waals surface area contributed by atoms with Crippen LogP contribution in [0, 0.1) is 11.3 Å². The van der Waals surface area contributed by atoms with Crippen molar-refractivity contribution in [3.05, 3.63) is 28.8 Å². The van der Waals surface area contributed by atoms with Gasteiger partial charge in [-0.25, -0.2) is 4.79 Å². The number of benzene rings is 1. The molecule has 0 radical (unpaired) electrons. The Morgan fingerprint density at radius 1 is 1.37 bits per heavy atom. The molecule has 100 valence electrons. The Morgan fingerprint density at radius 3 is 2.63 bits per heavy atom. The Kier molecular flexibility index (Phi) is 3.96. The van der Waals surface area contributed by atoms with E-state index in [4.69, 9.17) is 16.9 Å². The molecule has 2 N–H and O–H groups in total. The minimum Gasteiger partial charge on any atom is -0.480 e. The predicted molar refractivity (Wildman–Crippen MR) is 73.2 cm³/mol. The van der Waals surface area contributed by atoms with E-state index in [-0.39, 0.29) is 0 Å². The first-order valence-electron chi connectivity index (χ1n) is 6.29. The number of halogens is 1. The number of nitrogens with zero attached hydrogens (tertiary/aromatic N) is 1. The number of nitriles is 1. The first kappa shape index (κ1) is 13.7. The van der Waals surface area contributed by atoms with Crippen molar-refractivity contribution in [2.24, 2.45) is 0 Å². The number of rotatable bonds is 3. The van der Waals surface area contributed by atoms with Gasteiger partial charge in [0.05, 0.1) is 16.3 Å². The zero-order chi connectivity index (χ0) is 13.9. The van der Waals surface area contributed by atoms with Crippen LogP contribution in [0.3, 0.4) is 0 Å². The number of hydrogen-bond acceptors (Lipinski definition) is 3. The maximum Gasteiger partial charge on any atom is 0.329 e. The van der Waals surface area contributed by atoms with Crippen molar-refractivity contribution in [2.45, 2.75) is 37.6 Å². The van der Waals surface area contributed by atoms with Crippen molar-refractivity contribution in [1.29, 1.82) is 5.26 Å². The Balaban J connectivity index is 2.35. The van der Waals surface area contributed by atoms with Gasteiger partial charge >= 0.3 is 5.97 Å². The van der Waals surface area contributed by atoms with Gasteiger partial charge in [0, 0.05) is 0 Å². The van der Waals surface area contributed by atoms with Crippen LogP contribution in [-0.2, 0) is 4.79 Å². The van der Waals surface area contributed by atoms with Gasteiger partial charge < -0.3 is 10.4 Å².